The number of nitrogens with two attached hydrogens (primary N) is 2. The van der Waals surface area contributed by atoms with Gasteiger partial charge in [0.25, 0.3) is 0 Å². The van der Waals surface area contributed by atoms with E-state index in [1.807, 2.05) is 18.2 Å². The summed E-state index contributed by atoms with van der Waals surface area (Å²) in [6, 6.07) is 8.07. The van der Waals surface area contributed by atoms with E-state index in [-0.39, 0.29) is 22.9 Å². The van der Waals surface area contributed by atoms with Gasteiger partial charge in [0.05, 0.1) is 18.3 Å². The number of hydrogen-bond donors (Lipinski definition) is 4. The quantitative estimate of drug-likeness (QED) is 0.273. The monoisotopic (exact) mass is 483 g/mol. The minimum atomic E-state index is -0.819. The summed E-state index contributed by atoms with van der Waals surface area (Å²) < 4.78 is 5.96. The van der Waals surface area contributed by atoms with Gasteiger partial charge >= 0.3 is 0 Å². The molecule has 0 heterocycles. The summed E-state index contributed by atoms with van der Waals surface area (Å²) in [4.78, 5) is 4.00. The van der Waals surface area contributed by atoms with Crippen LogP contribution < -0.4 is 16.2 Å². The van der Waals surface area contributed by atoms with Crippen LogP contribution in [0, 0.1) is 34.5 Å². The van der Waals surface area contributed by atoms with E-state index < -0.39 is 5.60 Å². The van der Waals surface area contributed by atoms with Crippen LogP contribution in [0.5, 0.6) is 5.75 Å². The van der Waals surface area contributed by atoms with Crippen LogP contribution in [0.4, 0.5) is 0 Å². The molecule has 1 aromatic rings. The van der Waals surface area contributed by atoms with E-state index in [9.17, 15) is 10.2 Å². The van der Waals surface area contributed by atoms with E-state index in [1.165, 1.54) is 25.7 Å². The first kappa shape index (κ1) is 24.9. The van der Waals surface area contributed by atoms with Crippen molar-refractivity contribution < 1.29 is 14.9 Å². The lowest BCUT2D eigenvalue weighted by molar-refractivity contribution is -0.165. The van der Waals surface area contributed by atoms with E-state index in [4.69, 9.17) is 16.2 Å². The molecule has 0 spiro atoms. The molecular formula is C29H45N3O3. The maximum Gasteiger partial charge on any atom is 0.185 e. The Morgan fingerprint density at radius 1 is 1.03 bits per heavy atom. The molecule has 194 valence electrons. The van der Waals surface area contributed by atoms with E-state index in [0.717, 1.165) is 49.8 Å². The average Bonchev–Trinajstić information content (AvgIpc) is 3.13. The highest BCUT2D eigenvalue weighted by molar-refractivity contribution is 5.75. The number of aliphatic hydroxyl groups is 2. The van der Waals surface area contributed by atoms with Gasteiger partial charge in [0.15, 0.2) is 5.96 Å². The predicted octanol–water partition coefficient (Wildman–Crippen LogP) is 4.32. The van der Waals surface area contributed by atoms with Crippen molar-refractivity contribution in [3.63, 3.8) is 0 Å². The van der Waals surface area contributed by atoms with Gasteiger partial charge in [0, 0.05) is 13.0 Å². The molecule has 0 amide bonds. The zero-order valence-corrected chi connectivity index (χ0v) is 21.6. The first-order chi connectivity index (χ1) is 16.7. The normalized spacial score (nSPS) is 42.5. The second-order valence-corrected chi connectivity index (χ2v) is 12.6. The van der Waals surface area contributed by atoms with Crippen LogP contribution in [-0.2, 0) is 5.60 Å². The van der Waals surface area contributed by atoms with Crippen LogP contribution in [0.25, 0.3) is 0 Å². The lowest BCUT2D eigenvalue weighted by Gasteiger charge is -2.62. The van der Waals surface area contributed by atoms with Crippen molar-refractivity contribution in [2.24, 2.45) is 51.0 Å². The van der Waals surface area contributed by atoms with Gasteiger partial charge in [-0.3, -0.25) is 4.99 Å². The summed E-state index contributed by atoms with van der Waals surface area (Å²) >= 11 is 0. The molecule has 1 aromatic carbocycles. The Kier molecular flexibility index (Phi) is 6.58. The molecule has 0 saturated heterocycles. The molecule has 4 aliphatic carbocycles. The Hall–Kier alpha value is -1.79. The number of fused-ring (bicyclic) bond motifs is 5. The first-order valence-electron chi connectivity index (χ1n) is 13.8. The third-order valence-corrected chi connectivity index (χ3v) is 10.8. The summed E-state index contributed by atoms with van der Waals surface area (Å²) in [5.74, 6) is 3.56. The molecule has 0 radical (unpaired) electrons. The van der Waals surface area contributed by atoms with Gasteiger partial charge in [0.2, 0.25) is 0 Å². The van der Waals surface area contributed by atoms with Crippen LogP contribution in [0.2, 0.25) is 0 Å². The topological polar surface area (TPSA) is 114 Å². The van der Waals surface area contributed by atoms with Crippen LogP contribution in [-0.4, -0.2) is 35.4 Å². The minimum Gasteiger partial charge on any atom is -0.494 e. The van der Waals surface area contributed by atoms with Crippen molar-refractivity contribution >= 4 is 5.96 Å². The third kappa shape index (κ3) is 4.35. The molecular weight excluding hydrogens is 438 g/mol. The molecule has 8 atom stereocenters. The molecule has 5 rings (SSSR count). The van der Waals surface area contributed by atoms with Gasteiger partial charge in [0.1, 0.15) is 5.75 Å². The fourth-order valence-electron chi connectivity index (χ4n) is 8.97. The SMILES string of the molecule is C[C@]12CC(O)(c3cccc(OCCCN=C(N)N)c3)CCC1CC[C@@H]1[C@H]2CC[C@]2(C)C(O)CC[C@@H]12. The highest BCUT2D eigenvalue weighted by Gasteiger charge is 2.61. The van der Waals surface area contributed by atoms with Crippen LogP contribution in [0.15, 0.2) is 29.3 Å². The number of aliphatic imine (C=N–C) groups is 1. The van der Waals surface area contributed by atoms with Gasteiger partial charge < -0.3 is 26.4 Å². The van der Waals surface area contributed by atoms with Crippen molar-refractivity contribution in [2.45, 2.75) is 89.8 Å². The highest BCUT2D eigenvalue weighted by atomic mass is 16.5. The van der Waals surface area contributed by atoms with Gasteiger partial charge in [-0.05, 0) is 110 Å². The van der Waals surface area contributed by atoms with E-state index in [1.54, 1.807) is 0 Å². The molecule has 6 N–H and O–H groups in total. The standard InChI is InChI=1S/C29H45N3O3/c1-27-13-12-24-22(23(27)9-10-25(27)33)8-7-19-11-14-29(34,18-28(19,24)2)20-5-3-6-21(17-20)35-16-4-15-32-26(30)31/h3,5-6,17,19,22-25,33-34H,4,7-16,18H2,1-2H3,(H4,30,31,32)/t19?,22-,23-,24+,25?,27-,28-,29?/m0/s1. The van der Waals surface area contributed by atoms with Gasteiger partial charge in [-0.1, -0.05) is 26.0 Å². The smallest absolute Gasteiger partial charge is 0.185 e. The summed E-state index contributed by atoms with van der Waals surface area (Å²) in [5, 5.41) is 22.8. The van der Waals surface area contributed by atoms with Crippen LogP contribution in [0.1, 0.15) is 83.6 Å². The summed E-state index contributed by atoms with van der Waals surface area (Å²) in [5.41, 5.74) is 11.2. The maximum atomic E-state index is 12.1. The number of aliphatic hydroxyl groups excluding tert-OH is 1. The fraction of sp³-hybridized carbons (Fsp3) is 0.759. The number of rotatable bonds is 6. The Bertz CT molecular complexity index is 949. The molecule has 3 unspecified atom stereocenters. The number of ether oxygens (including phenoxy) is 1. The fourth-order valence-corrected chi connectivity index (χ4v) is 8.97. The van der Waals surface area contributed by atoms with Crippen LogP contribution >= 0.6 is 0 Å². The molecule has 0 bridgehead atoms. The highest BCUT2D eigenvalue weighted by Crippen LogP contribution is 2.67. The number of benzene rings is 1. The molecule has 4 saturated carbocycles. The van der Waals surface area contributed by atoms with Crippen molar-refractivity contribution in [1.82, 2.24) is 0 Å². The zero-order valence-electron chi connectivity index (χ0n) is 21.6. The molecule has 35 heavy (non-hydrogen) atoms. The third-order valence-electron chi connectivity index (χ3n) is 10.8. The maximum absolute atomic E-state index is 12.1. The van der Waals surface area contributed by atoms with Crippen molar-refractivity contribution in [3.05, 3.63) is 29.8 Å². The molecule has 4 aliphatic rings. The molecule has 6 nitrogen and oxygen atoms in total. The average molecular weight is 484 g/mol. The molecule has 0 aromatic heterocycles. The predicted molar refractivity (Wildman–Crippen MR) is 139 cm³/mol. The first-order valence-corrected chi connectivity index (χ1v) is 13.8. The van der Waals surface area contributed by atoms with Gasteiger partial charge in [-0.15, -0.1) is 0 Å². The number of guanidine groups is 1. The van der Waals surface area contributed by atoms with Crippen molar-refractivity contribution in [2.75, 3.05) is 13.2 Å². The van der Waals surface area contributed by atoms with Crippen LogP contribution in [0.3, 0.4) is 0 Å². The molecule has 0 aliphatic heterocycles. The molecule has 4 fully saturated rings. The minimum absolute atomic E-state index is 0.0994. The van der Waals surface area contributed by atoms with Gasteiger partial charge in [-0.25, -0.2) is 0 Å². The van der Waals surface area contributed by atoms with Gasteiger partial charge in [-0.2, -0.15) is 0 Å². The van der Waals surface area contributed by atoms with Crippen molar-refractivity contribution in [1.29, 1.82) is 0 Å². The number of hydrogen-bond acceptors (Lipinski definition) is 4. The van der Waals surface area contributed by atoms with Crippen molar-refractivity contribution in [3.8, 4) is 5.75 Å². The lowest BCUT2D eigenvalue weighted by atomic mass is 9.43. The van der Waals surface area contributed by atoms with E-state index in [2.05, 4.69) is 24.9 Å². The summed E-state index contributed by atoms with van der Waals surface area (Å²) in [6.07, 6.45) is 10.4. The van der Waals surface area contributed by atoms with E-state index in [0.29, 0.717) is 36.8 Å². The Balaban J connectivity index is 1.32. The molecule has 6 heteroatoms. The largest absolute Gasteiger partial charge is 0.494 e. The Morgan fingerprint density at radius 3 is 2.63 bits per heavy atom. The lowest BCUT2D eigenvalue weighted by Crippen LogP contribution is -2.56. The Labute approximate surface area is 210 Å². The Morgan fingerprint density at radius 2 is 1.83 bits per heavy atom. The summed E-state index contributed by atoms with van der Waals surface area (Å²) in [7, 11) is 0. The second kappa shape index (κ2) is 9.26. The summed E-state index contributed by atoms with van der Waals surface area (Å²) in [6.45, 7) is 5.91. The zero-order chi connectivity index (χ0) is 24.8. The van der Waals surface area contributed by atoms with E-state index >= 15 is 0 Å². The second-order valence-electron chi connectivity index (χ2n) is 12.6. The number of nitrogens with zero attached hydrogens (tertiary/aromatic N) is 1.